The minimum Gasteiger partial charge on any atom is -0.508 e. The summed E-state index contributed by atoms with van der Waals surface area (Å²) >= 11 is 0. The van der Waals surface area contributed by atoms with Crippen molar-refractivity contribution in [1.29, 1.82) is 0 Å². The van der Waals surface area contributed by atoms with E-state index in [4.69, 9.17) is 14.3 Å². The van der Waals surface area contributed by atoms with Gasteiger partial charge in [-0.1, -0.05) is 25.5 Å². The first kappa shape index (κ1) is 15.3. The van der Waals surface area contributed by atoms with Crippen molar-refractivity contribution in [3.05, 3.63) is 29.8 Å². The Labute approximate surface area is 122 Å². The molecule has 0 radical (unpaired) electrons. The van der Waals surface area contributed by atoms with E-state index in [1.54, 1.807) is 12.1 Å². The van der Waals surface area contributed by atoms with E-state index >= 15 is 0 Å². The largest absolute Gasteiger partial charge is 0.508 e. The van der Waals surface area contributed by atoms with E-state index in [2.05, 4.69) is 6.92 Å². The lowest BCUT2D eigenvalue weighted by atomic mass is 9.88. The molecular weight excluding hydrogens is 272 g/mol. The Balaban J connectivity index is 0.000000497. The van der Waals surface area contributed by atoms with Gasteiger partial charge in [-0.05, 0) is 36.5 Å². The molecule has 0 aliphatic heterocycles. The number of benzene rings is 1. The lowest BCUT2D eigenvalue weighted by Gasteiger charge is -2.17. The van der Waals surface area contributed by atoms with Crippen LogP contribution >= 0.6 is 0 Å². The van der Waals surface area contributed by atoms with Gasteiger partial charge in [0.25, 0.3) is 0 Å². The van der Waals surface area contributed by atoms with Gasteiger partial charge in [0.05, 0.1) is 12.5 Å². The van der Waals surface area contributed by atoms with Crippen LogP contribution in [-0.2, 0) is 24.5 Å². The molecule has 4 atom stereocenters. The molecule has 2 aliphatic carbocycles. The van der Waals surface area contributed by atoms with Crippen LogP contribution in [0, 0.1) is 17.8 Å². The molecule has 2 unspecified atom stereocenters. The number of hydrogen-bond donors (Lipinski definition) is 1. The highest BCUT2D eigenvalue weighted by Crippen LogP contribution is 2.85. The van der Waals surface area contributed by atoms with Crippen LogP contribution in [-0.4, -0.2) is 23.8 Å². The second kappa shape index (κ2) is 5.70. The molecule has 21 heavy (non-hydrogen) atoms. The average molecular weight is 290 g/mol. The highest BCUT2D eigenvalue weighted by atomic mass is 16.5. The molecule has 112 valence electrons. The Bertz CT molecular complexity index is 576. The summed E-state index contributed by atoms with van der Waals surface area (Å²) < 4.78 is 5.13. The predicted octanol–water partition coefficient (Wildman–Crippen LogP) is 1.90. The zero-order chi connectivity index (χ0) is 15.6. The number of fused-ring (bicyclic) bond motifs is 1. The third kappa shape index (κ3) is 2.24. The molecule has 0 aromatic heterocycles. The van der Waals surface area contributed by atoms with Gasteiger partial charge in [0.15, 0.2) is 0 Å². The standard InChI is InChI=1S/C15H18O3.CO2/c1-3-11-12-13(14(17)18-4-2)15(11,12)9-6-5-7-10(16)8-9;2-1-3/h5-8,11-13,16H,3-4H2,1-2H3;/t11-,12?,13+,15?;/m1./s1. The van der Waals surface area contributed by atoms with Gasteiger partial charge in [-0.15, -0.1) is 0 Å². The van der Waals surface area contributed by atoms with Gasteiger partial charge in [0.2, 0.25) is 0 Å². The zero-order valence-electron chi connectivity index (χ0n) is 12.0. The van der Waals surface area contributed by atoms with Crippen molar-refractivity contribution in [3.8, 4) is 5.75 Å². The van der Waals surface area contributed by atoms with Crippen LogP contribution in [0.2, 0.25) is 0 Å². The van der Waals surface area contributed by atoms with E-state index in [1.165, 1.54) is 0 Å². The second-order valence-corrected chi connectivity index (χ2v) is 5.34. The number of rotatable bonds is 4. The van der Waals surface area contributed by atoms with E-state index in [-0.39, 0.29) is 29.2 Å². The van der Waals surface area contributed by atoms with Gasteiger partial charge in [-0.25, -0.2) is 0 Å². The molecule has 0 spiro atoms. The van der Waals surface area contributed by atoms with Crippen LogP contribution in [0.4, 0.5) is 0 Å². The van der Waals surface area contributed by atoms with E-state index in [1.807, 2.05) is 19.1 Å². The molecule has 5 heteroatoms. The van der Waals surface area contributed by atoms with Crippen molar-refractivity contribution in [2.75, 3.05) is 6.61 Å². The van der Waals surface area contributed by atoms with Crippen LogP contribution < -0.4 is 0 Å². The third-order valence-corrected chi connectivity index (χ3v) is 4.58. The maximum Gasteiger partial charge on any atom is 0.373 e. The first-order valence-electron chi connectivity index (χ1n) is 7.04. The molecule has 3 rings (SSSR count). The average Bonchev–Trinajstić information content (AvgIpc) is 3.28. The third-order valence-electron chi connectivity index (χ3n) is 4.58. The van der Waals surface area contributed by atoms with Gasteiger partial charge in [-0.2, -0.15) is 9.59 Å². The predicted molar refractivity (Wildman–Crippen MR) is 72.2 cm³/mol. The summed E-state index contributed by atoms with van der Waals surface area (Å²) in [5.41, 5.74) is 1.07. The Morgan fingerprint density at radius 1 is 1.38 bits per heavy atom. The normalized spacial score (nSPS) is 31.0. The number of aromatic hydroxyl groups is 1. The van der Waals surface area contributed by atoms with Gasteiger partial charge in [0.1, 0.15) is 5.75 Å². The molecule has 1 aromatic rings. The lowest BCUT2D eigenvalue weighted by molar-refractivity contribution is -0.191. The Kier molecular flexibility index (Phi) is 4.14. The van der Waals surface area contributed by atoms with Crippen LogP contribution in [0.25, 0.3) is 0 Å². The van der Waals surface area contributed by atoms with Gasteiger partial charge < -0.3 is 9.84 Å². The summed E-state index contributed by atoms with van der Waals surface area (Å²) in [6.07, 6.45) is 1.33. The number of ether oxygens (including phenoxy) is 1. The van der Waals surface area contributed by atoms with Crippen molar-refractivity contribution >= 4 is 12.1 Å². The molecule has 1 aromatic carbocycles. The topological polar surface area (TPSA) is 80.7 Å². The van der Waals surface area contributed by atoms with E-state index in [0.29, 0.717) is 18.4 Å². The first-order valence-corrected chi connectivity index (χ1v) is 7.04. The van der Waals surface area contributed by atoms with Gasteiger partial charge in [0, 0.05) is 5.41 Å². The summed E-state index contributed by atoms with van der Waals surface area (Å²) in [5, 5.41) is 9.59. The molecule has 2 saturated carbocycles. The quantitative estimate of drug-likeness (QED) is 0.856. The fourth-order valence-electron chi connectivity index (χ4n) is 3.82. The van der Waals surface area contributed by atoms with E-state index < -0.39 is 0 Å². The monoisotopic (exact) mass is 290 g/mol. The number of carbonyl (C=O) groups excluding carboxylic acids is 3. The molecular formula is C16H18O5. The minimum absolute atomic E-state index is 0.0178. The number of hydrogen-bond acceptors (Lipinski definition) is 5. The fraction of sp³-hybridized carbons (Fsp3) is 0.500. The molecule has 0 bridgehead atoms. The summed E-state index contributed by atoms with van der Waals surface area (Å²) in [5.74, 6) is 1.23. The number of esters is 1. The molecule has 0 heterocycles. The van der Waals surface area contributed by atoms with Crippen LogP contribution in [0.5, 0.6) is 5.75 Å². The summed E-state index contributed by atoms with van der Waals surface area (Å²) in [7, 11) is 0. The first-order chi connectivity index (χ1) is 10.1. The van der Waals surface area contributed by atoms with E-state index in [9.17, 15) is 9.90 Å². The highest BCUT2D eigenvalue weighted by molar-refractivity contribution is 5.84. The summed E-state index contributed by atoms with van der Waals surface area (Å²) in [4.78, 5) is 28.1. The van der Waals surface area contributed by atoms with Crippen molar-refractivity contribution in [1.82, 2.24) is 0 Å². The molecule has 2 aliphatic rings. The summed E-state index contributed by atoms with van der Waals surface area (Å²) in [6, 6.07) is 7.33. The lowest BCUT2D eigenvalue weighted by Crippen LogP contribution is -2.22. The van der Waals surface area contributed by atoms with E-state index in [0.717, 1.165) is 12.0 Å². The van der Waals surface area contributed by atoms with Crippen LogP contribution in [0.1, 0.15) is 25.8 Å². The fourth-order valence-corrected chi connectivity index (χ4v) is 3.82. The van der Waals surface area contributed by atoms with Crippen LogP contribution in [0.15, 0.2) is 24.3 Å². The molecule has 1 N–H and O–H groups in total. The second-order valence-electron chi connectivity index (χ2n) is 5.34. The zero-order valence-corrected chi connectivity index (χ0v) is 12.0. The van der Waals surface area contributed by atoms with Crippen molar-refractivity contribution in [3.63, 3.8) is 0 Å². The Morgan fingerprint density at radius 2 is 2.05 bits per heavy atom. The maximum absolute atomic E-state index is 11.9. The number of carbonyl (C=O) groups is 1. The van der Waals surface area contributed by atoms with Crippen molar-refractivity contribution in [2.45, 2.75) is 25.7 Å². The summed E-state index contributed by atoms with van der Waals surface area (Å²) in [6.45, 7) is 4.43. The smallest absolute Gasteiger partial charge is 0.373 e. The Morgan fingerprint density at radius 3 is 2.57 bits per heavy atom. The molecule has 2 fully saturated rings. The molecule has 0 amide bonds. The van der Waals surface area contributed by atoms with Gasteiger partial charge in [-0.3, -0.25) is 4.79 Å². The van der Waals surface area contributed by atoms with Crippen LogP contribution in [0.3, 0.4) is 0 Å². The SMILES string of the molecule is CCOC(=O)[C@@H]1C2[C@@H](CC)C21c1cccc(O)c1.O=C=O. The minimum atomic E-state index is -0.0736. The van der Waals surface area contributed by atoms with Gasteiger partial charge >= 0.3 is 12.1 Å². The molecule has 5 nitrogen and oxygen atoms in total. The number of phenolic OH excluding ortho intramolecular Hbond substituents is 1. The van der Waals surface area contributed by atoms with Crippen molar-refractivity contribution in [2.24, 2.45) is 17.8 Å². The van der Waals surface area contributed by atoms with Crippen molar-refractivity contribution < 1.29 is 24.2 Å². The highest BCUT2D eigenvalue weighted by Gasteiger charge is 2.88. The molecule has 0 saturated heterocycles. The Hall–Kier alpha value is -2.13. The maximum atomic E-state index is 11.9. The number of phenols is 1.